The summed E-state index contributed by atoms with van der Waals surface area (Å²) >= 11 is 0. The number of benzene rings is 1. The highest BCUT2D eigenvalue weighted by Crippen LogP contribution is 2.30. The second-order valence-corrected chi connectivity index (χ2v) is 5.97. The zero-order valence-corrected chi connectivity index (χ0v) is 12.2. The van der Waals surface area contributed by atoms with E-state index in [1.165, 1.54) is 44.2 Å². The van der Waals surface area contributed by atoms with Crippen LogP contribution in [0.25, 0.3) is 0 Å². The molecule has 0 heterocycles. The van der Waals surface area contributed by atoms with Crippen molar-refractivity contribution in [2.24, 2.45) is 11.8 Å². The van der Waals surface area contributed by atoms with Gasteiger partial charge in [0, 0.05) is 12.1 Å². The average molecular weight is 281 g/mol. The lowest BCUT2D eigenvalue weighted by atomic mass is 9.81. The Balaban J connectivity index is 1.68. The maximum Gasteiger partial charge on any atom is 0.263 e. The normalized spacial score (nSPS) is 23.2. The molecular formula is C17H25F2N. The molecule has 20 heavy (non-hydrogen) atoms. The zero-order valence-electron chi connectivity index (χ0n) is 12.2. The number of halogens is 2. The van der Waals surface area contributed by atoms with Crippen LogP contribution in [0.2, 0.25) is 0 Å². The third kappa shape index (κ3) is 4.55. The Morgan fingerprint density at radius 2 is 1.65 bits per heavy atom. The molecule has 0 unspecified atom stereocenters. The molecule has 0 saturated heterocycles. The van der Waals surface area contributed by atoms with Crippen LogP contribution in [0.1, 0.15) is 56.6 Å². The van der Waals surface area contributed by atoms with Gasteiger partial charge in [0.2, 0.25) is 0 Å². The number of hydrogen-bond donors (Lipinski definition) is 1. The Morgan fingerprint density at radius 3 is 2.20 bits per heavy atom. The van der Waals surface area contributed by atoms with Crippen LogP contribution in [0.5, 0.6) is 0 Å². The van der Waals surface area contributed by atoms with Crippen LogP contribution < -0.4 is 5.32 Å². The van der Waals surface area contributed by atoms with Gasteiger partial charge in [-0.1, -0.05) is 50.5 Å². The number of hydrogen-bond acceptors (Lipinski definition) is 1. The highest BCUT2D eigenvalue weighted by atomic mass is 19.3. The summed E-state index contributed by atoms with van der Waals surface area (Å²) in [6.07, 6.45) is 4.34. The van der Waals surface area contributed by atoms with Gasteiger partial charge in [0.1, 0.15) is 0 Å². The fraction of sp³-hybridized carbons (Fsp3) is 0.647. The van der Waals surface area contributed by atoms with E-state index in [0.717, 1.165) is 30.5 Å². The fourth-order valence-corrected chi connectivity index (χ4v) is 3.05. The molecule has 0 aromatic heterocycles. The Hall–Kier alpha value is -0.960. The van der Waals surface area contributed by atoms with Crippen molar-refractivity contribution in [3.63, 3.8) is 0 Å². The molecule has 0 aliphatic heterocycles. The largest absolute Gasteiger partial charge is 0.312 e. The van der Waals surface area contributed by atoms with Crippen molar-refractivity contribution in [1.29, 1.82) is 0 Å². The number of nitrogens with one attached hydrogen (secondary N) is 1. The van der Waals surface area contributed by atoms with Crippen molar-refractivity contribution in [3.8, 4) is 0 Å². The Labute approximate surface area is 120 Å². The van der Waals surface area contributed by atoms with Gasteiger partial charge in [0.05, 0.1) is 0 Å². The van der Waals surface area contributed by atoms with Gasteiger partial charge in [0.15, 0.2) is 0 Å². The van der Waals surface area contributed by atoms with E-state index in [9.17, 15) is 8.78 Å². The number of alkyl halides is 2. The Bertz CT molecular complexity index is 380. The molecule has 1 aliphatic rings. The van der Waals surface area contributed by atoms with Gasteiger partial charge in [-0.05, 0) is 36.8 Å². The summed E-state index contributed by atoms with van der Waals surface area (Å²) < 4.78 is 24.9. The van der Waals surface area contributed by atoms with Crippen molar-refractivity contribution < 1.29 is 8.78 Å². The molecule has 0 spiro atoms. The molecule has 0 bridgehead atoms. The van der Waals surface area contributed by atoms with Crippen LogP contribution in [-0.4, -0.2) is 6.54 Å². The minimum Gasteiger partial charge on any atom is -0.312 e. The standard InChI is InChI=1S/C17H25F2N/c1-2-13-3-5-14(6-4-13)11-20-12-15-7-9-16(10-8-15)17(18)19/h7-10,13-14,17,20H,2-6,11-12H2,1H3. The molecule has 112 valence electrons. The lowest BCUT2D eigenvalue weighted by molar-refractivity contribution is 0.151. The van der Waals surface area contributed by atoms with Crippen molar-refractivity contribution in [3.05, 3.63) is 35.4 Å². The monoisotopic (exact) mass is 281 g/mol. The molecule has 0 atom stereocenters. The van der Waals surface area contributed by atoms with Gasteiger partial charge in [-0.3, -0.25) is 0 Å². The first-order valence-corrected chi connectivity index (χ1v) is 7.76. The summed E-state index contributed by atoms with van der Waals surface area (Å²) in [5, 5.41) is 3.47. The van der Waals surface area contributed by atoms with Crippen molar-refractivity contribution in [1.82, 2.24) is 5.32 Å². The first-order chi connectivity index (χ1) is 9.69. The van der Waals surface area contributed by atoms with E-state index in [1.54, 1.807) is 12.1 Å². The van der Waals surface area contributed by atoms with Crippen LogP contribution in [0.4, 0.5) is 8.78 Å². The van der Waals surface area contributed by atoms with Gasteiger partial charge in [-0.25, -0.2) is 8.78 Å². The van der Waals surface area contributed by atoms with E-state index in [0.29, 0.717) is 0 Å². The first-order valence-electron chi connectivity index (χ1n) is 7.76. The van der Waals surface area contributed by atoms with Gasteiger partial charge in [-0.15, -0.1) is 0 Å². The SMILES string of the molecule is CCC1CCC(CNCc2ccc(C(F)F)cc2)CC1. The van der Waals surface area contributed by atoms with Gasteiger partial charge >= 0.3 is 0 Å². The van der Waals surface area contributed by atoms with Crippen molar-refractivity contribution in [2.45, 2.75) is 52.0 Å². The molecule has 1 nitrogen and oxygen atoms in total. The van der Waals surface area contributed by atoms with E-state index in [2.05, 4.69) is 12.2 Å². The van der Waals surface area contributed by atoms with Gasteiger partial charge < -0.3 is 5.32 Å². The predicted octanol–water partition coefficient (Wildman–Crippen LogP) is 4.93. The molecule has 1 saturated carbocycles. The van der Waals surface area contributed by atoms with E-state index in [-0.39, 0.29) is 5.56 Å². The Morgan fingerprint density at radius 1 is 1.05 bits per heavy atom. The molecule has 1 aromatic carbocycles. The van der Waals surface area contributed by atoms with Crippen molar-refractivity contribution in [2.75, 3.05) is 6.54 Å². The molecular weight excluding hydrogens is 256 g/mol. The van der Waals surface area contributed by atoms with Gasteiger partial charge in [-0.2, -0.15) is 0 Å². The lowest BCUT2D eigenvalue weighted by Gasteiger charge is -2.27. The molecule has 1 aliphatic carbocycles. The van der Waals surface area contributed by atoms with Crippen LogP contribution in [0.3, 0.4) is 0 Å². The summed E-state index contributed by atoms with van der Waals surface area (Å²) in [7, 11) is 0. The molecule has 1 fully saturated rings. The topological polar surface area (TPSA) is 12.0 Å². The maximum absolute atomic E-state index is 12.4. The molecule has 2 rings (SSSR count). The second kappa shape index (κ2) is 7.72. The highest BCUT2D eigenvalue weighted by Gasteiger charge is 2.19. The predicted molar refractivity (Wildman–Crippen MR) is 78.8 cm³/mol. The molecule has 3 heteroatoms. The second-order valence-electron chi connectivity index (χ2n) is 5.97. The Kier molecular flexibility index (Phi) is 5.96. The third-order valence-corrected chi connectivity index (χ3v) is 4.54. The molecule has 0 radical (unpaired) electrons. The van der Waals surface area contributed by atoms with Crippen LogP contribution in [-0.2, 0) is 6.54 Å². The lowest BCUT2D eigenvalue weighted by Crippen LogP contribution is -2.26. The number of rotatable bonds is 6. The zero-order chi connectivity index (χ0) is 14.4. The molecule has 1 N–H and O–H groups in total. The minimum atomic E-state index is -2.37. The van der Waals surface area contributed by atoms with E-state index < -0.39 is 6.43 Å². The molecule has 1 aromatic rings. The summed E-state index contributed by atoms with van der Waals surface area (Å²) in [6, 6.07) is 6.63. The minimum absolute atomic E-state index is 0.103. The van der Waals surface area contributed by atoms with Crippen molar-refractivity contribution >= 4 is 0 Å². The third-order valence-electron chi connectivity index (χ3n) is 4.54. The first kappa shape index (κ1) is 15.4. The summed E-state index contributed by atoms with van der Waals surface area (Å²) in [6.45, 7) is 4.11. The van der Waals surface area contributed by atoms with E-state index in [4.69, 9.17) is 0 Å². The van der Waals surface area contributed by atoms with E-state index >= 15 is 0 Å². The van der Waals surface area contributed by atoms with E-state index in [1.807, 2.05) is 0 Å². The average Bonchev–Trinajstić information content (AvgIpc) is 2.48. The summed E-state index contributed by atoms with van der Waals surface area (Å²) in [4.78, 5) is 0. The smallest absolute Gasteiger partial charge is 0.263 e. The maximum atomic E-state index is 12.4. The van der Waals surface area contributed by atoms with Crippen LogP contribution in [0, 0.1) is 11.8 Å². The summed E-state index contributed by atoms with van der Waals surface area (Å²) in [5.41, 5.74) is 1.18. The summed E-state index contributed by atoms with van der Waals surface area (Å²) in [5.74, 6) is 1.73. The van der Waals surface area contributed by atoms with Crippen LogP contribution in [0.15, 0.2) is 24.3 Å². The van der Waals surface area contributed by atoms with Gasteiger partial charge in [0.25, 0.3) is 6.43 Å². The highest BCUT2D eigenvalue weighted by molar-refractivity contribution is 5.23. The fourth-order valence-electron chi connectivity index (χ4n) is 3.05. The quantitative estimate of drug-likeness (QED) is 0.779. The molecule has 0 amide bonds. The van der Waals surface area contributed by atoms with Crippen LogP contribution >= 0.6 is 0 Å².